The van der Waals surface area contributed by atoms with Gasteiger partial charge in [0.1, 0.15) is 5.82 Å². The topological polar surface area (TPSA) is 20.2 Å². The third kappa shape index (κ3) is 3.32. The maximum Gasteiger partial charge on any atom is 0.418 e. The number of benzene rings is 1. The van der Waals surface area contributed by atoms with Gasteiger partial charge in [0.05, 0.1) is 5.56 Å². The highest BCUT2D eigenvalue weighted by molar-refractivity contribution is 5.28. The third-order valence-electron chi connectivity index (χ3n) is 1.87. The average Bonchev–Trinajstić information content (AvgIpc) is 2.12. The normalized spacial score (nSPS) is 14.8. The maximum absolute atomic E-state index is 12.7. The quantitative estimate of drug-likeness (QED) is 0.768. The molecule has 1 aromatic carbocycles. The SMILES string of the molecule is OC(c1cc(F)cc(C(F)(F)F)c1)C(F)(F)F. The van der Waals surface area contributed by atoms with Crippen LogP contribution in [0.4, 0.5) is 30.7 Å². The largest absolute Gasteiger partial charge is 0.418 e. The molecule has 17 heavy (non-hydrogen) atoms. The summed E-state index contributed by atoms with van der Waals surface area (Å²) in [5.74, 6) is -1.50. The van der Waals surface area contributed by atoms with Gasteiger partial charge >= 0.3 is 12.4 Å². The van der Waals surface area contributed by atoms with Crippen LogP contribution in [0.1, 0.15) is 17.2 Å². The monoisotopic (exact) mass is 262 g/mol. The van der Waals surface area contributed by atoms with E-state index in [0.29, 0.717) is 0 Å². The molecule has 0 bridgehead atoms. The van der Waals surface area contributed by atoms with Gasteiger partial charge in [0, 0.05) is 0 Å². The highest BCUT2D eigenvalue weighted by Crippen LogP contribution is 2.36. The van der Waals surface area contributed by atoms with E-state index in [9.17, 15) is 30.7 Å². The molecule has 1 atom stereocenters. The number of halogens is 7. The molecule has 1 N–H and O–H groups in total. The smallest absolute Gasteiger partial charge is 0.379 e. The Balaban J connectivity index is 3.24. The predicted octanol–water partition coefficient (Wildman–Crippen LogP) is 3.44. The number of aliphatic hydroxyl groups is 1. The molecule has 1 nitrogen and oxygen atoms in total. The van der Waals surface area contributed by atoms with E-state index < -0.39 is 35.4 Å². The van der Waals surface area contributed by atoms with Gasteiger partial charge in [-0.15, -0.1) is 0 Å². The summed E-state index contributed by atoms with van der Waals surface area (Å²) >= 11 is 0. The molecule has 8 heteroatoms. The highest BCUT2D eigenvalue weighted by atomic mass is 19.4. The number of aliphatic hydroxyl groups excluding tert-OH is 1. The minimum atomic E-state index is -5.16. The van der Waals surface area contributed by atoms with Crippen molar-refractivity contribution in [2.24, 2.45) is 0 Å². The molecule has 0 aliphatic heterocycles. The summed E-state index contributed by atoms with van der Waals surface area (Å²) in [7, 11) is 0. The summed E-state index contributed by atoms with van der Waals surface area (Å²) in [5.41, 5.74) is -2.78. The van der Waals surface area contributed by atoms with Crippen molar-refractivity contribution < 1.29 is 35.8 Å². The van der Waals surface area contributed by atoms with Gasteiger partial charge in [-0.2, -0.15) is 26.3 Å². The van der Waals surface area contributed by atoms with Crippen LogP contribution in [-0.4, -0.2) is 11.3 Å². The van der Waals surface area contributed by atoms with Crippen LogP contribution in [0.2, 0.25) is 0 Å². The minimum absolute atomic E-state index is 0.0482. The van der Waals surface area contributed by atoms with Crippen LogP contribution in [0.15, 0.2) is 18.2 Å². The van der Waals surface area contributed by atoms with Crippen LogP contribution in [0.25, 0.3) is 0 Å². The molecular formula is C9H5F7O. The van der Waals surface area contributed by atoms with Gasteiger partial charge in [0.25, 0.3) is 0 Å². The zero-order valence-electron chi connectivity index (χ0n) is 7.90. The van der Waals surface area contributed by atoms with Gasteiger partial charge in [-0.1, -0.05) is 0 Å². The fourth-order valence-electron chi connectivity index (χ4n) is 1.12. The first kappa shape index (κ1) is 13.8. The first-order valence-corrected chi connectivity index (χ1v) is 4.14. The number of rotatable bonds is 1. The Morgan fingerprint density at radius 3 is 1.88 bits per heavy atom. The number of hydrogen-bond acceptors (Lipinski definition) is 1. The zero-order chi connectivity index (χ0) is 13.4. The van der Waals surface area contributed by atoms with Crippen molar-refractivity contribution in [3.05, 3.63) is 35.1 Å². The second-order valence-electron chi connectivity index (χ2n) is 3.22. The summed E-state index contributed by atoms with van der Waals surface area (Å²) in [6, 6.07) is 0.307. The third-order valence-corrected chi connectivity index (χ3v) is 1.87. The Morgan fingerprint density at radius 1 is 0.941 bits per heavy atom. The molecular weight excluding hydrogens is 257 g/mol. The lowest BCUT2D eigenvalue weighted by Crippen LogP contribution is -2.21. The van der Waals surface area contributed by atoms with E-state index in [1.165, 1.54) is 0 Å². The van der Waals surface area contributed by atoms with Crippen LogP contribution in [-0.2, 0) is 6.18 Å². The molecule has 1 unspecified atom stereocenters. The van der Waals surface area contributed by atoms with Crippen molar-refractivity contribution in [2.45, 2.75) is 18.5 Å². The Kier molecular flexibility index (Phi) is 3.37. The molecule has 1 aromatic rings. The van der Waals surface area contributed by atoms with E-state index in [1.807, 2.05) is 0 Å². The summed E-state index contributed by atoms with van der Waals surface area (Å²) < 4.78 is 85.4. The number of hydrogen-bond donors (Lipinski definition) is 1. The maximum atomic E-state index is 12.7. The van der Waals surface area contributed by atoms with E-state index >= 15 is 0 Å². The van der Waals surface area contributed by atoms with E-state index in [4.69, 9.17) is 5.11 Å². The summed E-state index contributed by atoms with van der Waals surface area (Å²) in [4.78, 5) is 0. The standard InChI is InChI=1S/C9H5F7O/c10-6-2-4(7(17)9(14,15)16)1-5(3-6)8(11,12)13/h1-3,7,17H. The van der Waals surface area contributed by atoms with Crippen LogP contribution in [0.3, 0.4) is 0 Å². The molecule has 0 aromatic heterocycles. The lowest BCUT2D eigenvalue weighted by molar-refractivity contribution is -0.207. The first-order valence-electron chi connectivity index (χ1n) is 4.14. The molecule has 0 saturated heterocycles. The van der Waals surface area contributed by atoms with Crippen LogP contribution >= 0.6 is 0 Å². The molecule has 0 radical (unpaired) electrons. The van der Waals surface area contributed by atoms with Crippen molar-refractivity contribution in [1.29, 1.82) is 0 Å². The van der Waals surface area contributed by atoms with Gasteiger partial charge in [-0.3, -0.25) is 0 Å². The summed E-state index contributed by atoms with van der Waals surface area (Å²) in [6.07, 6.45) is -13.3. The van der Waals surface area contributed by atoms with Crippen molar-refractivity contribution in [2.75, 3.05) is 0 Å². The predicted molar refractivity (Wildman–Crippen MR) is 42.4 cm³/mol. The van der Waals surface area contributed by atoms with E-state index in [2.05, 4.69) is 0 Å². The highest BCUT2D eigenvalue weighted by Gasteiger charge is 2.41. The van der Waals surface area contributed by atoms with Gasteiger partial charge < -0.3 is 5.11 Å². The lowest BCUT2D eigenvalue weighted by Gasteiger charge is -2.16. The second-order valence-corrected chi connectivity index (χ2v) is 3.22. The van der Waals surface area contributed by atoms with E-state index in [-0.39, 0.29) is 18.2 Å². The Morgan fingerprint density at radius 2 is 1.47 bits per heavy atom. The van der Waals surface area contributed by atoms with Gasteiger partial charge in [0.15, 0.2) is 6.10 Å². The van der Waals surface area contributed by atoms with Gasteiger partial charge in [0.2, 0.25) is 0 Å². The summed E-state index contributed by atoms with van der Waals surface area (Å²) in [5, 5.41) is 8.71. The molecule has 0 saturated carbocycles. The van der Waals surface area contributed by atoms with Crippen LogP contribution < -0.4 is 0 Å². The lowest BCUT2D eigenvalue weighted by atomic mass is 10.0. The molecule has 96 valence electrons. The zero-order valence-corrected chi connectivity index (χ0v) is 7.90. The second kappa shape index (κ2) is 4.17. The summed E-state index contributed by atoms with van der Waals surface area (Å²) in [6.45, 7) is 0. The van der Waals surface area contributed by atoms with Gasteiger partial charge in [-0.25, -0.2) is 4.39 Å². The fraction of sp³-hybridized carbons (Fsp3) is 0.333. The van der Waals surface area contributed by atoms with Crippen molar-refractivity contribution in [3.63, 3.8) is 0 Å². The van der Waals surface area contributed by atoms with Crippen molar-refractivity contribution >= 4 is 0 Å². The van der Waals surface area contributed by atoms with Crippen LogP contribution in [0, 0.1) is 5.82 Å². The van der Waals surface area contributed by atoms with Gasteiger partial charge in [-0.05, 0) is 23.8 Å². The molecule has 1 rings (SSSR count). The van der Waals surface area contributed by atoms with Crippen LogP contribution in [0.5, 0.6) is 0 Å². The molecule has 0 aliphatic rings. The minimum Gasteiger partial charge on any atom is -0.379 e. The first-order chi connectivity index (χ1) is 7.51. The van der Waals surface area contributed by atoms with E-state index in [1.54, 1.807) is 0 Å². The molecule has 0 fully saturated rings. The fourth-order valence-corrected chi connectivity index (χ4v) is 1.12. The molecule has 0 heterocycles. The van der Waals surface area contributed by atoms with E-state index in [0.717, 1.165) is 0 Å². The molecule has 0 spiro atoms. The Bertz CT molecular complexity index is 407. The van der Waals surface area contributed by atoms with Crippen molar-refractivity contribution in [1.82, 2.24) is 0 Å². The Hall–Kier alpha value is -1.31. The number of alkyl halides is 6. The molecule has 0 amide bonds. The van der Waals surface area contributed by atoms with Crippen molar-refractivity contribution in [3.8, 4) is 0 Å². The molecule has 0 aliphatic carbocycles. The Labute approximate surface area is 90.5 Å². The average molecular weight is 262 g/mol.